The van der Waals surface area contributed by atoms with Crippen LogP contribution in [0.4, 0.5) is 0 Å². The van der Waals surface area contributed by atoms with Gasteiger partial charge in [-0.3, -0.25) is 0 Å². The van der Waals surface area contributed by atoms with E-state index in [1.165, 1.54) is 11.8 Å². The van der Waals surface area contributed by atoms with E-state index in [9.17, 15) is 15.3 Å². The highest BCUT2D eigenvalue weighted by atomic mass is 32.2. The third kappa shape index (κ3) is 1.75. The van der Waals surface area contributed by atoms with Gasteiger partial charge in [-0.05, 0) is 0 Å². The molecular weight excluding hydrogens is 180 g/mol. The van der Waals surface area contributed by atoms with Gasteiger partial charge in [0, 0.05) is 5.25 Å². The van der Waals surface area contributed by atoms with E-state index < -0.39 is 23.6 Å². The van der Waals surface area contributed by atoms with Gasteiger partial charge in [-0.1, -0.05) is 6.92 Å². The number of hydrogen-bond acceptors (Lipinski definition) is 5. The second kappa shape index (κ2) is 3.93. The summed E-state index contributed by atoms with van der Waals surface area (Å²) in [4.78, 5) is 0. The van der Waals surface area contributed by atoms with Crippen LogP contribution in [0, 0.1) is 0 Å². The van der Waals surface area contributed by atoms with E-state index in [1.807, 2.05) is 0 Å². The van der Waals surface area contributed by atoms with Crippen LogP contribution in [0.5, 0.6) is 0 Å². The fraction of sp³-hybridized carbons (Fsp3) is 1.00. The molecule has 5 heteroatoms. The molecule has 0 amide bonds. The molecule has 12 heavy (non-hydrogen) atoms. The average molecular weight is 194 g/mol. The monoisotopic (exact) mass is 194 g/mol. The SMILES string of the molecule is C[C@@H]1SC(CO)[C@@H](O)[C@H](O)[C@H]1O. The standard InChI is InChI=1S/C7H14O4S/c1-3-5(9)7(11)6(10)4(2-8)12-3/h3-11H,2H2,1H3/t3-,4?,5-,6+,7+/m0/s1. The molecule has 4 N–H and O–H groups in total. The van der Waals surface area contributed by atoms with E-state index >= 15 is 0 Å². The van der Waals surface area contributed by atoms with Crippen molar-refractivity contribution in [3.05, 3.63) is 0 Å². The lowest BCUT2D eigenvalue weighted by molar-refractivity contribution is -0.0680. The topological polar surface area (TPSA) is 80.9 Å². The Hall–Kier alpha value is 0.190. The number of rotatable bonds is 1. The van der Waals surface area contributed by atoms with E-state index in [4.69, 9.17) is 5.11 Å². The molecule has 5 atom stereocenters. The van der Waals surface area contributed by atoms with E-state index in [1.54, 1.807) is 6.92 Å². The number of thioether (sulfide) groups is 1. The first-order valence-electron chi connectivity index (χ1n) is 3.88. The van der Waals surface area contributed by atoms with Crippen molar-refractivity contribution >= 4 is 11.8 Å². The molecule has 1 aliphatic heterocycles. The summed E-state index contributed by atoms with van der Waals surface area (Å²) in [6.07, 6.45) is -3.09. The molecule has 0 spiro atoms. The largest absolute Gasteiger partial charge is 0.395 e. The summed E-state index contributed by atoms with van der Waals surface area (Å²) in [5, 5.41) is 36.2. The molecule has 1 aliphatic rings. The van der Waals surface area contributed by atoms with Gasteiger partial charge in [-0.2, -0.15) is 0 Å². The minimum atomic E-state index is -1.14. The summed E-state index contributed by atoms with van der Waals surface area (Å²) in [7, 11) is 0. The number of aliphatic hydroxyl groups is 4. The molecule has 1 heterocycles. The van der Waals surface area contributed by atoms with E-state index in [0.717, 1.165) is 0 Å². The Balaban J connectivity index is 2.63. The number of hydrogen-bond donors (Lipinski definition) is 4. The van der Waals surface area contributed by atoms with Crippen LogP contribution in [0.2, 0.25) is 0 Å². The van der Waals surface area contributed by atoms with E-state index in [-0.39, 0.29) is 11.9 Å². The van der Waals surface area contributed by atoms with Crippen LogP contribution < -0.4 is 0 Å². The minimum Gasteiger partial charge on any atom is -0.395 e. The first-order valence-corrected chi connectivity index (χ1v) is 4.82. The predicted molar refractivity (Wildman–Crippen MR) is 45.9 cm³/mol. The van der Waals surface area contributed by atoms with Gasteiger partial charge in [0.25, 0.3) is 0 Å². The summed E-state index contributed by atoms with van der Waals surface area (Å²) in [6, 6.07) is 0. The van der Waals surface area contributed by atoms with Crippen molar-refractivity contribution in [3.8, 4) is 0 Å². The lowest BCUT2D eigenvalue weighted by Crippen LogP contribution is -2.53. The first kappa shape index (κ1) is 10.3. The van der Waals surface area contributed by atoms with Crippen LogP contribution in [-0.2, 0) is 0 Å². The van der Waals surface area contributed by atoms with Crippen LogP contribution in [0.15, 0.2) is 0 Å². The Morgan fingerprint density at radius 1 is 1.08 bits per heavy atom. The Morgan fingerprint density at radius 2 is 1.67 bits per heavy atom. The normalized spacial score (nSPS) is 49.2. The third-order valence-corrected chi connectivity index (χ3v) is 3.62. The highest BCUT2D eigenvalue weighted by Crippen LogP contribution is 2.31. The zero-order valence-corrected chi connectivity index (χ0v) is 7.61. The Bertz CT molecular complexity index is 150. The molecule has 1 saturated heterocycles. The van der Waals surface area contributed by atoms with Crippen LogP contribution in [0.1, 0.15) is 6.92 Å². The molecule has 0 saturated carbocycles. The molecule has 0 aromatic heterocycles. The fourth-order valence-electron chi connectivity index (χ4n) is 1.29. The number of aliphatic hydroxyl groups excluding tert-OH is 4. The van der Waals surface area contributed by atoms with Gasteiger partial charge >= 0.3 is 0 Å². The van der Waals surface area contributed by atoms with Gasteiger partial charge in [-0.25, -0.2) is 0 Å². The summed E-state index contributed by atoms with van der Waals surface area (Å²) in [5.41, 5.74) is 0. The van der Waals surface area contributed by atoms with Crippen LogP contribution in [0.3, 0.4) is 0 Å². The van der Waals surface area contributed by atoms with Gasteiger partial charge in [0.1, 0.15) is 6.10 Å². The molecule has 0 radical (unpaired) electrons. The molecule has 0 aliphatic carbocycles. The summed E-state index contributed by atoms with van der Waals surface area (Å²) in [6.45, 7) is 1.58. The molecule has 1 unspecified atom stereocenters. The molecule has 4 nitrogen and oxygen atoms in total. The van der Waals surface area contributed by atoms with Gasteiger partial charge < -0.3 is 20.4 Å². The average Bonchev–Trinajstić information content (AvgIpc) is 2.08. The van der Waals surface area contributed by atoms with Crippen molar-refractivity contribution in [2.75, 3.05) is 6.61 Å². The molecule has 72 valence electrons. The zero-order valence-electron chi connectivity index (χ0n) is 6.79. The smallest absolute Gasteiger partial charge is 0.108 e. The second-order valence-electron chi connectivity index (χ2n) is 3.03. The molecule has 0 aromatic carbocycles. The highest BCUT2D eigenvalue weighted by Gasteiger charge is 2.40. The van der Waals surface area contributed by atoms with Crippen LogP contribution in [0.25, 0.3) is 0 Å². The van der Waals surface area contributed by atoms with E-state index in [2.05, 4.69) is 0 Å². The van der Waals surface area contributed by atoms with Crippen molar-refractivity contribution in [3.63, 3.8) is 0 Å². The predicted octanol–water partition coefficient (Wildman–Crippen LogP) is -1.43. The second-order valence-corrected chi connectivity index (χ2v) is 4.66. The Kier molecular flexibility index (Phi) is 3.37. The van der Waals surface area contributed by atoms with Gasteiger partial charge in [0.05, 0.1) is 24.1 Å². The summed E-state index contributed by atoms with van der Waals surface area (Å²) >= 11 is 1.30. The molecule has 1 rings (SSSR count). The van der Waals surface area contributed by atoms with Crippen LogP contribution in [-0.4, -0.2) is 55.8 Å². The van der Waals surface area contributed by atoms with E-state index in [0.29, 0.717) is 0 Å². The minimum absolute atomic E-state index is 0.152. The maximum Gasteiger partial charge on any atom is 0.108 e. The quantitative estimate of drug-likeness (QED) is 0.411. The molecule has 0 bridgehead atoms. The summed E-state index contributed by atoms with van der Waals surface area (Å²) < 4.78 is 0. The van der Waals surface area contributed by atoms with Crippen LogP contribution >= 0.6 is 11.8 Å². The van der Waals surface area contributed by atoms with Crippen molar-refractivity contribution in [1.82, 2.24) is 0 Å². The maximum atomic E-state index is 9.33. The van der Waals surface area contributed by atoms with Gasteiger partial charge in [0.15, 0.2) is 0 Å². The van der Waals surface area contributed by atoms with Gasteiger partial charge in [0.2, 0.25) is 0 Å². The third-order valence-electron chi connectivity index (χ3n) is 2.13. The molecular formula is C7H14O4S. The molecule has 0 aromatic rings. The Morgan fingerprint density at radius 3 is 2.17 bits per heavy atom. The zero-order chi connectivity index (χ0) is 9.30. The lowest BCUT2D eigenvalue weighted by Gasteiger charge is -2.37. The Labute approximate surface area is 75.2 Å². The van der Waals surface area contributed by atoms with Crippen molar-refractivity contribution < 1.29 is 20.4 Å². The first-order chi connectivity index (χ1) is 5.57. The van der Waals surface area contributed by atoms with Crippen molar-refractivity contribution in [2.45, 2.75) is 35.7 Å². The van der Waals surface area contributed by atoms with Gasteiger partial charge in [-0.15, -0.1) is 11.8 Å². The fourth-order valence-corrected chi connectivity index (χ4v) is 2.57. The summed E-state index contributed by atoms with van der Waals surface area (Å²) in [5.74, 6) is 0. The lowest BCUT2D eigenvalue weighted by atomic mass is 10.0. The highest BCUT2D eigenvalue weighted by molar-refractivity contribution is 8.00. The van der Waals surface area contributed by atoms with Crippen molar-refractivity contribution in [2.24, 2.45) is 0 Å². The van der Waals surface area contributed by atoms with Crippen molar-refractivity contribution in [1.29, 1.82) is 0 Å². The maximum absolute atomic E-state index is 9.33. The molecule has 1 fully saturated rings.